The van der Waals surface area contributed by atoms with Crippen LogP contribution < -0.4 is 0 Å². The first-order valence-corrected chi connectivity index (χ1v) is 7.21. The van der Waals surface area contributed by atoms with Crippen LogP contribution in [0.15, 0.2) is 24.3 Å². The fourth-order valence-electron chi connectivity index (χ4n) is 2.39. The number of aromatic nitrogens is 1. The number of carbonyl (C=O) groups excluding carboxylic acids is 1. The summed E-state index contributed by atoms with van der Waals surface area (Å²) in [6, 6.07) is 8.08. The van der Waals surface area contributed by atoms with E-state index in [-0.39, 0.29) is 5.78 Å². The molecule has 1 aromatic heterocycles. The topological polar surface area (TPSA) is 39.2 Å². The molecule has 2 aromatic rings. The molecule has 1 aliphatic rings. The van der Waals surface area contributed by atoms with Crippen molar-refractivity contribution in [2.45, 2.75) is 25.9 Å². The van der Waals surface area contributed by atoms with Gasteiger partial charge in [0.05, 0.1) is 6.61 Å². The van der Waals surface area contributed by atoms with E-state index in [2.05, 4.69) is 4.98 Å². The van der Waals surface area contributed by atoms with Crippen molar-refractivity contribution in [3.05, 3.63) is 40.4 Å². The average Bonchev–Trinajstić information content (AvgIpc) is 2.85. The van der Waals surface area contributed by atoms with Crippen LogP contribution in [0.2, 0.25) is 0 Å². The van der Waals surface area contributed by atoms with Gasteiger partial charge in [0.25, 0.3) is 0 Å². The number of rotatable bonds is 3. The van der Waals surface area contributed by atoms with E-state index in [1.54, 1.807) is 18.4 Å². The minimum Gasteiger partial charge on any atom is -0.380 e. The zero-order chi connectivity index (χ0) is 13.2. The number of nitrogens with zero attached hydrogens (tertiary/aromatic N) is 1. The minimum atomic E-state index is 0.188. The standard InChI is InChI=1S/C15H15NO2S/c1-18-9-10-5-2-3-6-11(10)15-16-14-12(17)7-4-8-13(14)19-15/h2-3,5-6H,4,7-9H2,1H3. The van der Waals surface area contributed by atoms with Crippen LogP contribution in [-0.2, 0) is 17.8 Å². The van der Waals surface area contributed by atoms with Gasteiger partial charge in [-0.15, -0.1) is 11.3 Å². The van der Waals surface area contributed by atoms with Gasteiger partial charge in [-0.2, -0.15) is 0 Å². The molecule has 1 aromatic carbocycles. The molecule has 0 aliphatic heterocycles. The maximum Gasteiger partial charge on any atom is 0.182 e. The number of Topliss-reactive ketones (excluding diaryl/α,β-unsaturated/α-hetero) is 1. The lowest BCUT2D eigenvalue weighted by Crippen LogP contribution is -2.08. The Labute approximate surface area is 116 Å². The van der Waals surface area contributed by atoms with Crippen LogP contribution in [0, 0.1) is 0 Å². The molecule has 98 valence electrons. The van der Waals surface area contributed by atoms with Crippen molar-refractivity contribution in [3.63, 3.8) is 0 Å². The molecule has 0 bridgehead atoms. The molecule has 4 heteroatoms. The summed E-state index contributed by atoms with van der Waals surface area (Å²) >= 11 is 1.64. The number of ether oxygens (including phenoxy) is 1. The second kappa shape index (κ2) is 5.23. The van der Waals surface area contributed by atoms with Crippen molar-refractivity contribution < 1.29 is 9.53 Å². The summed E-state index contributed by atoms with van der Waals surface area (Å²) in [5, 5.41) is 0.938. The van der Waals surface area contributed by atoms with Gasteiger partial charge < -0.3 is 4.74 Å². The maximum atomic E-state index is 11.9. The fraction of sp³-hybridized carbons (Fsp3) is 0.333. The first-order valence-electron chi connectivity index (χ1n) is 6.39. The number of hydrogen-bond donors (Lipinski definition) is 0. The average molecular weight is 273 g/mol. The van der Waals surface area contributed by atoms with Crippen LogP contribution in [0.4, 0.5) is 0 Å². The first-order chi connectivity index (χ1) is 9.29. The summed E-state index contributed by atoms with van der Waals surface area (Å²) in [6.07, 6.45) is 2.56. The van der Waals surface area contributed by atoms with E-state index in [4.69, 9.17) is 4.74 Å². The molecule has 0 fully saturated rings. The maximum absolute atomic E-state index is 11.9. The monoisotopic (exact) mass is 273 g/mol. The van der Waals surface area contributed by atoms with E-state index in [1.807, 2.05) is 24.3 Å². The largest absolute Gasteiger partial charge is 0.380 e. The molecule has 19 heavy (non-hydrogen) atoms. The van der Waals surface area contributed by atoms with E-state index >= 15 is 0 Å². The Kier molecular flexibility index (Phi) is 3.44. The Hall–Kier alpha value is -1.52. The van der Waals surface area contributed by atoms with Crippen LogP contribution in [0.5, 0.6) is 0 Å². The Morgan fingerprint density at radius 3 is 2.95 bits per heavy atom. The number of benzene rings is 1. The number of hydrogen-bond acceptors (Lipinski definition) is 4. The molecular formula is C15H15NO2S. The summed E-state index contributed by atoms with van der Waals surface area (Å²) in [4.78, 5) is 17.6. The first kappa shape index (κ1) is 12.5. The normalized spacial score (nSPS) is 14.5. The second-order valence-electron chi connectivity index (χ2n) is 4.66. The molecule has 0 radical (unpaired) electrons. The van der Waals surface area contributed by atoms with Crippen LogP contribution >= 0.6 is 11.3 Å². The highest BCUT2D eigenvalue weighted by Gasteiger charge is 2.23. The zero-order valence-corrected chi connectivity index (χ0v) is 11.6. The molecule has 0 N–H and O–H groups in total. The lowest BCUT2D eigenvalue weighted by atomic mass is 10.0. The van der Waals surface area contributed by atoms with Gasteiger partial charge in [-0.25, -0.2) is 4.98 Å². The molecule has 0 atom stereocenters. The van der Waals surface area contributed by atoms with E-state index in [0.717, 1.165) is 33.9 Å². The smallest absolute Gasteiger partial charge is 0.182 e. The van der Waals surface area contributed by atoms with Crippen molar-refractivity contribution in [3.8, 4) is 10.6 Å². The number of ketones is 1. The summed E-state index contributed by atoms with van der Waals surface area (Å²) in [7, 11) is 1.69. The van der Waals surface area contributed by atoms with Gasteiger partial charge in [-0.05, 0) is 18.4 Å². The van der Waals surface area contributed by atoms with E-state index in [0.29, 0.717) is 18.7 Å². The summed E-state index contributed by atoms with van der Waals surface area (Å²) in [5.74, 6) is 0.188. The molecule has 1 heterocycles. The van der Waals surface area contributed by atoms with Crippen molar-refractivity contribution in [1.29, 1.82) is 0 Å². The number of fused-ring (bicyclic) bond motifs is 1. The number of carbonyl (C=O) groups is 1. The molecule has 0 saturated carbocycles. The second-order valence-corrected chi connectivity index (χ2v) is 5.74. The Morgan fingerprint density at radius 2 is 2.16 bits per heavy atom. The highest BCUT2D eigenvalue weighted by molar-refractivity contribution is 7.15. The highest BCUT2D eigenvalue weighted by atomic mass is 32.1. The lowest BCUT2D eigenvalue weighted by Gasteiger charge is -2.06. The lowest BCUT2D eigenvalue weighted by molar-refractivity contribution is 0.0968. The Morgan fingerprint density at radius 1 is 1.32 bits per heavy atom. The summed E-state index contributed by atoms with van der Waals surface area (Å²) in [5.41, 5.74) is 2.89. The van der Waals surface area contributed by atoms with E-state index < -0.39 is 0 Å². The van der Waals surface area contributed by atoms with Gasteiger partial charge in [0.15, 0.2) is 5.78 Å². The van der Waals surface area contributed by atoms with Crippen LogP contribution in [0.25, 0.3) is 10.6 Å². The molecular weight excluding hydrogens is 258 g/mol. The van der Waals surface area contributed by atoms with Gasteiger partial charge in [0.1, 0.15) is 10.7 Å². The summed E-state index contributed by atoms with van der Waals surface area (Å²) < 4.78 is 5.22. The van der Waals surface area contributed by atoms with E-state index in [1.165, 1.54) is 0 Å². The van der Waals surface area contributed by atoms with Crippen LogP contribution in [0.1, 0.15) is 33.8 Å². The molecule has 3 nitrogen and oxygen atoms in total. The van der Waals surface area contributed by atoms with Gasteiger partial charge in [0.2, 0.25) is 0 Å². The number of aryl methyl sites for hydroxylation is 1. The van der Waals surface area contributed by atoms with Gasteiger partial charge in [0, 0.05) is 24.0 Å². The quantitative estimate of drug-likeness (QED) is 0.859. The molecule has 0 unspecified atom stereocenters. The van der Waals surface area contributed by atoms with Gasteiger partial charge in [-0.3, -0.25) is 4.79 Å². The van der Waals surface area contributed by atoms with Crippen molar-refractivity contribution in [2.75, 3.05) is 7.11 Å². The minimum absolute atomic E-state index is 0.188. The molecule has 3 rings (SSSR count). The third-order valence-corrected chi connectivity index (χ3v) is 4.47. The predicted molar refractivity (Wildman–Crippen MR) is 75.5 cm³/mol. The van der Waals surface area contributed by atoms with E-state index in [9.17, 15) is 4.79 Å². The zero-order valence-electron chi connectivity index (χ0n) is 10.8. The number of methoxy groups -OCH3 is 1. The van der Waals surface area contributed by atoms with Gasteiger partial charge in [-0.1, -0.05) is 24.3 Å². The van der Waals surface area contributed by atoms with Crippen molar-refractivity contribution in [2.24, 2.45) is 0 Å². The molecule has 0 amide bonds. The van der Waals surface area contributed by atoms with Crippen molar-refractivity contribution >= 4 is 17.1 Å². The highest BCUT2D eigenvalue weighted by Crippen LogP contribution is 2.34. The predicted octanol–water partition coefficient (Wildman–Crippen LogP) is 3.48. The Bertz CT molecular complexity index is 618. The molecule has 0 spiro atoms. The van der Waals surface area contributed by atoms with Crippen LogP contribution in [0.3, 0.4) is 0 Å². The Balaban J connectivity index is 2.05. The number of thiazole rings is 1. The third-order valence-electron chi connectivity index (χ3n) is 3.32. The summed E-state index contributed by atoms with van der Waals surface area (Å²) in [6.45, 7) is 0.564. The van der Waals surface area contributed by atoms with Crippen molar-refractivity contribution in [1.82, 2.24) is 4.98 Å². The van der Waals surface area contributed by atoms with Crippen LogP contribution in [-0.4, -0.2) is 17.9 Å². The SMILES string of the molecule is COCc1ccccc1-c1nc2c(s1)CCCC2=O. The molecule has 0 saturated heterocycles. The third kappa shape index (κ3) is 2.33. The molecule has 1 aliphatic carbocycles. The fourth-order valence-corrected chi connectivity index (χ4v) is 3.57. The van der Waals surface area contributed by atoms with Gasteiger partial charge >= 0.3 is 0 Å².